The Morgan fingerprint density at radius 1 is 1.50 bits per heavy atom. The van der Waals surface area contributed by atoms with Gasteiger partial charge in [0.25, 0.3) is 5.91 Å². The van der Waals surface area contributed by atoms with E-state index >= 15 is 0 Å². The monoisotopic (exact) mass is 263 g/mol. The number of nitrogen functional groups attached to an aromatic ring is 1. The van der Waals surface area contributed by atoms with Crippen LogP contribution in [0.1, 0.15) is 35.1 Å². The van der Waals surface area contributed by atoms with Crippen molar-refractivity contribution in [3.05, 3.63) is 28.9 Å². The second-order valence-corrected chi connectivity index (χ2v) is 4.79. The minimum absolute atomic E-state index is 0.144. The van der Waals surface area contributed by atoms with Gasteiger partial charge in [0.1, 0.15) is 4.88 Å². The lowest BCUT2D eigenvalue weighted by molar-refractivity contribution is 0.102. The Kier molecular flexibility index (Phi) is 3.52. The first-order chi connectivity index (χ1) is 8.59. The highest BCUT2D eigenvalue weighted by molar-refractivity contribution is 7.08. The number of hydrogen-bond donors (Lipinski definition) is 2. The molecule has 0 aliphatic heterocycles. The normalized spacial score (nSPS) is 10.6. The fourth-order valence-electron chi connectivity index (χ4n) is 1.42. The smallest absolute Gasteiger partial charge is 0.270 e. The highest BCUT2D eigenvalue weighted by Gasteiger charge is 2.19. The second kappa shape index (κ2) is 5.09. The number of carbonyl (C=O) groups excluding carboxylic acids is 1. The van der Waals surface area contributed by atoms with E-state index in [-0.39, 0.29) is 11.8 Å². The van der Waals surface area contributed by atoms with Crippen LogP contribution in [0.25, 0.3) is 0 Å². The van der Waals surface area contributed by atoms with Crippen LogP contribution in [0.15, 0.2) is 18.3 Å². The molecule has 0 aliphatic rings. The molecular formula is C11H13N5OS. The summed E-state index contributed by atoms with van der Waals surface area (Å²) in [6.07, 6.45) is 1.57. The summed E-state index contributed by atoms with van der Waals surface area (Å²) in [6.45, 7) is 3.92. The van der Waals surface area contributed by atoms with Gasteiger partial charge in [-0.3, -0.25) is 4.79 Å². The van der Waals surface area contributed by atoms with E-state index in [9.17, 15) is 4.79 Å². The van der Waals surface area contributed by atoms with Gasteiger partial charge in [-0.2, -0.15) is 0 Å². The summed E-state index contributed by atoms with van der Waals surface area (Å²) in [5.41, 5.74) is 6.83. The van der Waals surface area contributed by atoms with Crippen molar-refractivity contribution in [1.82, 2.24) is 14.6 Å². The number of pyridine rings is 1. The largest absolute Gasteiger partial charge is 0.396 e. The summed E-state index contributed by atoms with van der Waals surface area (Å²) in [6, 6.07) is 3.38. The first-order valence-corrected chi connectivity index (χ1v) is 6.21. The maximum atomic E-state index is 12.1. The van der Waals surface area contributed by atoms with Crippen LogP contribution < -0.4 is 11.1 Å². The summed E-state index contributed by atoms with van der Waals surface area (Å²) in [7, 11) is 0. The molecule has 0 saturated carbocycles. The maximum absolute atomic E-state index is 12.1. The van der Waals surface area contributed by atoms with Gasteiger partial charge < -0.3 is 11.1 Å². The predicted molar refractivity (Wildman–Crippen MR) is 70.6 cm³/mol. The molecule has 2 aromatic heterocycles. The first-order valence-electron chi connectivity index (χ1n) is 5.43. The lowest BCUT2D eigenvalue weighted by Crippen LogP contribution is -2.15. The average Bonchev–Trinajstić information content (AvgIpc) is 2.81. The van der Waals surface area contributed by atoms with Crippen LogP contribution in [-0.4, -0.2) is 20.5 Å². The molecule has 0 radical (unpaired) electrons. The number of nitrogens with two attached hydrogens (primary N) is 1. The third-order valence-electron chi connectivity index (χ3n) is 2.34. The van der Waals surface area contributed by atoms with E-state index in [2.05, 4.69) is 19.9 Å². The molecule has 0 saturated heterocycles. The van der Waals surface area contributed by atoms with E-state index in [1.165, 1.54) is 0 Å². The van der Waals surface area contributed by atoms with Crippen molar-refractivity contribution in [2.24, 2.45) is 0 Å². The molecule has 0 atom stereocenters. The number of carbonyl (C=O) groups is 1. The fraction of sp³-hybridized carbons (Fsp3) is 0.273. The molecule has 2 aromatic rings. The third kappa shape index (κ3) is 2.45. The van der Waals surface area contributed by atoms with Crippen LogP contribution in [0, 0.1) is 0 Å². The summed E-state index contributed by atoms with van der Waals surface area (Å²) < 4.78 is 3.81. The van der Waals surface area contributed by atoms with E-state index in [4.69, 9.17) is 5.73 Å². The standard InChI is InChI=1S/C11H13N5OS/c1-6(2)8-9(18-16-15-8)11(17)14-10-7(12)4-3-5-13-10/h3-6H,12H2,1-2H3,(H,13,14,17). The molecule has 0 bridgehead atoms. The minimum atomic E-state index is -0.279. The van der Waals surface area contributed by atoms with E-state index in [1.807, 2.05) is 13.8 Å². The van der Waals surface area contributed by atoms with E-state index in [0.29, 0.717) is 22.1 Å². The number of hydrogen-bond acceptors (Lipinski definition) is 6. The van der Waals surface area contributed by atoms with Crippen molar-refractivity contribution in [2.75, 3.05) is 11.1 Å². The quantitative estimate of drug-likeness (QED) is 0.882. The maximum Gasteiger partial charge on any atom is 0.270 e. The van der Waals surface area contributed by atoms with E-state index in [1.54, 1.807) is 18.3 Å². The van der Waals surface area contributed by atoms with E-state index in [0.717, 1.165) is 11.5 Å². The van der Waals surface area contributed by atoms with Gasteiger partial charge in [-0.1, -0.05) is 18.3 Å². The van der Waals surface area contributed by atoms with Crippen molar-refractivity contribution < 1.29 is 4.79 Å². The van der Waals surface area contributed by atoms with Crippen molar-refractivity contribution in [2.45, 2.75) is 19.8 Å². The molecule has 2 heterocycles. The number of anilines is 2. The average molecular weight is 263 g/mol. The van der Waals surface area contributed by atoms with Crippen LogP contribution >= 0.6 is 11.5 Å². The summed E-state index contributed by atoms with van der Waals surface area (Å²) >= 11 is 1.07. The Balaban J connectivity index is 2.23. The Morgan fingerprint density at radius 3 is 2.94 bits per heavy atom. The summed E-state index contributed by atoms with van der Waals surface area (Å²) in [5.74, 6) is 0.218. The molecule has 2 rings (SSSR count). The molecule has 0 aromatic carbocycles. The van der Waals surface area contributed by atoms with Gasteiger partial charge in [0.2, 0.25) is 0 Å². The van der Waals surface area contributed by atoms with E-state index < -0.39 is 0 Å². The number of aromatic nitrogens is 3. The van der Waals surface area contributed by atoms with Gasteiger partial charge in [-0.25, -0.2) is 4.98 Å². The van der Waals surface area contributed by atoms with Gasteiger partial charge >= 0.3 is 0 Å². The molecule has 18 heavy (non-hydrogen) atoms. The first kappa shape index (κ1) is 12.4. The van der Waals surface area contributed by atoms with Gasteiger partial charge in [-0.05, 0) is 29.6 Å². The number of nitrogens with zero attached hydrogens (tertiary/aromatic N) is 3. The van der Waals surface area contributed by atoms with Crippen LogP contribution in [0.2, 0.25) is 0 Å². The zero-order valence-electron chi connectivity index (χ0n) is 10.0. The highest BCUT2D eigenvalue weighted by Crippen LogP contribution is 2.21. The van der Waals surface area contributed by atoms with Gasteiger partial charge in [0.15, 0.2) is 5.82 Å². The number of nitrogens with one attached hydrogen (secondary N) is 1. The van der Waals surface area contributed by atoms with Crippen molar-refractivity contribution in [3.63, 3.8) is 0 Å². The fourth-order valence-corrected chi connectivity index (χ4v) is 2.13. The van der Waals surface area contributed by atoms with Crippen LogP contribution in [0.5, 0.6) is 0 Å². The van der Waals surface area contributed by atoms with Crippen molar-refractivity contribution in [1.29, 1.82) is 0 Å². The highest BCUT2D eigenvalue weighted by atomic mass is 32.1. The Bertz CT molecular complexity index is 566. The molecule has 7 heteroatoms. The molecule has 3 N–H and O–H groups in total. The zero-order valence-corrected chi connectivity index (χ0v) is 10.9. The molecule has 0 spiro atoms. The molecule has 94 valence electrons. The SMILES string of the molecule is CC(C)c1nnsc1C(=O)Nc1ncccc1N. The van der Waals surface area contributed by atoms with Gasteiger partial charge in [0.05, 0.1) is 11.4 Å². The number of rotatable bonds is 3. The molecule has 0 fully saturated rings. The molecule has 0 aliphatic carbocycles. The zero-order chi connectivity index (χ0) is 13.1. The van der Waals surface area contributed by atoms with Gasteiger partial charge in [-0.15, -0.1) is 5.10 Å². The topological polar surface area (TPSA) is 93.8 Å². The molecular weight excluding hydrogens is 250 g/mol. The number of amides is 1. The summed E-state index contributed by atoms with van der Waals surface area (Å²) in [4.78, 5) is 16.6. The minimum Gasteiger partial charge on any atom is -0.396 e. The van der Waals surface area contributed by atoms with Gasteiger partial charge in [0, 0.05) is 6.20 Å². The van der Waals surface area contributed by atoms with Crippen LogP contribution in [-0.2, 0) is 0 Å². The van der Waals surface area contributed by atoms with Crippen LogP contribution in [0.4, 0.5) is 11.5 Å². The lowest BCUT2D eigenvalue weighted by atomic mass is 10.1. The Hall–Kier alpha value is -2.02. The predicted octanol–water partition coefficient (Wildman–Crippen LogP) is 1.89. The van der Waals surface area contributed by atoms with Crippen molar-refractivity contribution >= 4 is 28.9 Å². The summed E-state index contributed by atoms with van der Waals surface area (Å²) in [5, 5.41) is 6.62. The van der Waals surface area contributed by atoms with Crippen molar-refractivity contribution in [3.8, 4) is 0 Å². The third-order valence-corrected chi connectivity index (χ3v) is 3.08. The molecule has 1 amide bonds. The Morgan fingerprint density at radius 2 is 2.28 bits per heavy atom. The molecule has 6 nitrogen and oxygen atoms in total. The lowest BCUT2D eigenvalue weighted by Gasteiger charge is -2.07. The molecule has 0 unspecified atom stereocenters. The Labute approximate surface area is 108 Å². The second-order valence-electron chi connectivity index (χ2n) is 4.04. The van der Waals surface area contributed by atoms with Crippen LogP contribution in [0.3, 0.4) is 0 Å².